The molecule has 6 heteroatoms. The standard InChI is InChI=1S/C20H23N3O2S/c1-5-14-6-8-15(9-7-14)23-18-16-13(4)17(20(24)25-10-12(2)3)26-19(16)22-11-21-18/h6-9,11-12H,5,10H2,1-4H3,(H,21,22,23). The van der Waals surface area contributed by atoms with E-state index >= 15 is 0 Å². The fourth-order valence-electron chi connectivity index (χ4n) is 2.63. The summed E-state index contributed by atoms with van der Waals surface area (Å²) in [5, 5.41) is 4.21. The Kier molecular flexibility index (Phi) is 5.52. The van der Waals surface area contributed by atoms with Crippen molar-refractivity contribution in [2.45, 2.75) is 34.1 Å². The third kappa shape index (κ3) is 3.85. The van der Waals surface area contributed by atoms with Gasteiger partial charge in [-0.3, -0.25) is 0 Å². The molecule has 0 radical (unpaired) electrons. The molecule has 0 aliphatic heterocycles. The lowest BCUT2D eigenvalue weighted by Gasteiger charge is -2.08. The van der Waals surface area contributed by atoms with Crippen molar-refractivity contribution in [3.8, 4) is 0 Å². The number of thiophene rings is 1. The molecule has 0 unspecified atom stereocenters. The number of aryl methyl sites for hydroxylation is 2. The van der Waals surface area contributed by atoms with E-state index in [1.165, 1.54) is 23.2 Å². The van der Waals surface area contributed by atoms with Gasteiger partial charge in [0.05, 0.1) is 12.0 Å². The summed E-state index contributed by atoms with van der Waals surface area (Å²) in [5.41, 5.74) is 3.09. The Morgan fingerprint density at radius 1 is 1.23 bits per heavy atom. The third-order valence-electron chi connectivity index (χ3n) is 4.08. The number of hydrogen-bond donors (Lipinski definition) is 1. The number of benzene rings is 1. The number of nitrogens with one attached hydrogen (secondary N) is 1. The topological polar surface area (TPSA) is 64.1 Å². The molecule has 5 nitrogen and oxygen atoms in total. The summed E-state index contributed by atoms with van der Waals surface area (Å²) in [6, 6.07) is 8.25. The Hall–Kier alpha value is -2.47. The van der Waals surface area contributed by atoms with Gasteiger partial charge in [-0.1, -0.05) is 32.9 Å². The molecule has 3 aromatic rings. The van der Waals surface area contributed by atoms with Gasteiger partial charge < -0.3 is 10.1 Å². The van der Waals surface area contributed by atoms with E-state index in [9.17, 15) is 4.79 Å². The molecule has 0 aliphatic carbocycles. The van der Waals surface area contributed by atoms with Crippen molar-refractivity contribution in [2.75, 3.05) is 11.9 Å². The number of fused-ring (bicyclic) bond motifs is 1. The number of carbonyl (C=O) groups is 1. The maximum Gasteiger partial charge on any atom is 0.348 e. The van der Waals surface area contributed by atoms with Crippen LogP contribution in [0.3, 0.4) is 0 Å². The van der Waals surface area contributed by atoms with Crippen LogP contribution in [0.2, 0.25) is 0 Å². The SMILES string of the molecule is CCc1ccc(Nc2ncnc3sc(C(=O)OCC(C)C)c(C)c23)cc1. The van der Waals surface area contributed by atoms with Crippen LogP contribution in [0.15, 0.2) is 30.6 Å². The van der Waals surface area contributed by atoms with E-state index in [2.05, 4.69) is 34.3 Å². The quantitative estimate of drug-likeness (QED) is 0.611. The number of hydrogen-bond acceptors (Lipinski definition) is 6. The van der Waals surface area contributed by atoms with Crippen LogP contribution in [-0.4, -0.2) is 22.5 Å². The van der Waals surface area contributed by atoms with Gasteiger partial charge in [0.1, 0.15) is 21.9 Å². The highest BCUT2D eigenvalue weighted by atomic mass is 32.1. The van der Waals surface area contributed by atoms with E-state index in [0.717, 1.165) is 27.9 Å². The molecular formula is C20H23N3O2S. The second kappa shape index (κ2) is 7.83. The molecule has 0 saturated carbocycles. The molecule has 3 rings (SSSR count). The minimum Gasteiger partial charge on any atom is -0.461 e. The van der Waals surface area contributed by atoms with Crippen LogP contribution in [0.25, 0.3) is 10.2 Å². The van der Waals surface area contributed by atoms with E-state index in [0.29, 0.717) is 23.2 Å². The average molecular weight is 369 g/mol. The lowest BCUT2D eigenvalue weighted by molar-refractivity contribution is 0.0464. The van der Waals surface area contributed by atoms with E-state index in [-0.39, 0.29) is 5.97 Å². The van der Waals surface area contributed by atoms with E-state index < -0.39 is 0 Å². The van der Waals surface area contributed by atoms with Crippen molar-refractivity contribution < 1.29 is 9.53 Å². The fourth-order valence-corrected chi connectivity index (χ4v) is 3.67. The minimum atomic E-state index is -0.294. The van der Waals surface area contributed by atoms with Gasteiger partial charge in [-0.25, -0.2) is 14.8 Å². The molecule has 2 heterocycles. The first-order valence-electron chi connectivity index (χ1n) is 8.76. The predicted octanol–water partition coefficient (Wildman–Crippen LogP) is 5.12. The first kappa shape index (κ1) is 18.3. The van der Waals surface area contributed by atoms with Gasteiger partial charge in [0, 0.05) is 5.69 Å². The molecule has 0 atom stereocenters. The summed E-state index contributed by atoms with van der Waals surface area (Å²) in [7, 11) is 0. The lowest BCUT2D eigenvalue weighted by Crippen LogP contribution is -2.09. The summed E-state index contributed by atoms with van der Waals surface area (Å²) in [5.74, 6) is 0.713. The van der Waals surface area contributed by atoms with Crippen molar-refractivity contribution in [1.82, 2.24) is 9.97 Å². The molecule has 2 aromatic heterocycles. The monoisotopic (exact) mass is 369 g/mol. The first-order valence-corrected chi connectivity index (χ1v) is 9.58. The van der Waals surface area contributed by atoms with Crippen molar-refractivity contribution in [2.24, 2.45) is 5.92 Å². The van der Waals surface area contributed by atoms with Crippen LogP contribution in [0.1, 0.15) is 41.6 Å². The second-order valence-corrected chi connectivity index (χ2v) is 7.63. The molecule has 136 valence electrons. The van der Waals surface area contributed by atoms with Gasteiger partial charge in [0.25, 0.3) is 0 Å². The summed E-state index contributed by atoms with van der Waals surface area (Å²) in [6.45, 7) is 8.49. The molecule has 0 bridgehead atoms. The zero-order valence-electron chi connectivity index (χ0n) is 15.5. The Balaban J connectivity index is 1.92. The normalized spacial score (nSPS) is 11.1. The van der Waals surface area contributed by atoms with Crippen molar-refractivity contribution in [1.29, 1.82) is 0 Å². The molecule has 0 amide bonds. The number of anilines is 2. The Bertz CT molecular complexity index is 917. The van der Waals surface area contributed by atoms with Crippen molar-refractivity contribution in [3.05, 3.63) is 46.6 Å². The summed E-state index contributed by atoms with van der Waals surface area (Å²) >= 11 is 1.35. The molecule has 1 aromatic carbocycles. The summed E-state index contributed by atoms with van der Waals surface area (Å²) in [4.78, 5) is 22.5. The van der Waals surface area contributed by atoms with Crippen LogP contribution in [-0.2, 0) is 11.2 Å². The maximum atomic E-state index is 12.4. The first-order chi connectivity index (χ1) is 12.5. The van der Waals surface area contributed by atoms with E-state index in [1.54, 1.807) is 0 Å². The Morgan fingerprint density at radius 2 is 1.96 bits per heavy atom. The molecular weight excluding hydrogens is 346 g/mol. The number of ether oxygens (including phenoxy) is 1. The molecule has 0 spiro atoms. The number of rotatable bonds is 6. The number of carbonyl (C=O) groups excluding carboxylic acids is 1. The van der Waals surface area contributed by atoms with Crippen LogP contribution in [0.4, 0.5) is 11.5 Å². The molecule has 1 N–H and O–H groups in total. The van der Waals surface area contributed by atoms with Gasteiger partial charge in [0.15, 0.2) is 0 Å². The zero-order valence-corrected chi connectivity index (χ0v) is 16.3. The van der Waals surface area contributed by atoms with Crippen LogP contribution in [0.5, 0.6) is 0 Å². The van der Waals surface area contributed by atoms with Gasteiger partial charge in [0.2, 0.25) is 0 Å². The van der Waals surface area contributed by atoms with Crippen LogP contribution >= 0.6 is 11.3 Å². The molecule has 0 fully saturated rings. The molecule has 0 aliphatic rings. The van der Waals surface area contributed by atoms with E-state index in [1.807, 2.05) is 32.9 Å². The molecule has 26 heavy (non-hydrogen) atoms. The third-order valence-corrected chi connectivity index (χ3v) is 5.26. The van der Waals surface area contributed by atoms with Crippen molar-refractivity contribution >= 4 is 39.0 Å². The van der Waals surface area contributed by atoms with Crippen molar-refractivity contribution in [3.63, 3.8) is 0 Å². The molecule has 0 saturated heterocycles. The van der Waals surface area contributed by atoms with Crippen LogP contribution in [0, 0.1) is 12.8 Å². The van der Waals surface area contributed by atoms with Gasteiger partial charge in [-0.2, -0.15) is 0 Å². The summed E-state index contributed by atoms with van der Waals surface area (Å²) in [6.07, 6.45) is 2.52. The maximum absolute atomic E-state index is 12.4. The lowest BCUT2D eigenvalue weighted by atomic mass is 10.1. The predicted molar refractivity (Wildman–Crippen MR) is 106 cm³/mol. The van der Waals surface area contributed by atoms with Gasteiger partial charge >= 0.3 is 5.97 Å². The fraction of sp³-hybridized carbons (Fsp3) is 0.350. The summed E-state index contributed by atoms with van der Waals surface area (Å²) < 4.78 is 5.39. The highest BCUT2D eigenvalue weighted by Gasteiger charge is 2.20. The minimum absolute atomic E-state index is 0.294. The van der Waals surface area contributed by atoms with Crippen LogP contribution < -0.4 is 5.32 Å². The smallest absolute Gasteiger partial charge is 0.348 e. The Morgan fingerprint density at radius 3 is 2.62 bits per heavy atom. The van der Waals surface area contributed by atoms with Gasteiger partial charge in [-0.05, 0) is 42.5 Å². The number of nitrogens with zero attached hydrogens (tertiary/aromatic N) is 2. The van der Waals surface area contributed by atoms with E-state index in [4.69, 9.17) is 4.74 Å². The number of esters is 1. The van der Waals surface area contributed by atoms with Gasteiger partial charge in [-0.15, -0.1) is 11.3 Å². The Labute approximate surface area is 157 Å². The largest absolute Gasteiger partial charge is 0.461 e. The second-order valence-electron chi connectivity index (χ2n) is 6.63. The highest BCUT2D eigenvalue weighted by Crippen LogP contribution is 2.34. The highest BCUT2D eigenvalue weighted by molar-refractivity contribution is 7.20. The average Bonchev–Trinajstić information content (AvgIpc) is 2.98. The zero-order chi connectivity index (χ0) is 18.7. The number of aromatic nitrogens is 2.